The third-order valence-corrected chi connectivity index (χ3v) is 7.83. The molecule has 3 aromatic rings. The van der Waals surface area contributed by atoms with Crippen LogP contribution in [0.4, 0.5) is 4.79 Å². The van der Waals surface area contributed by atoms with Gasteiger partial charge in [0.05, 0.1) is 28.2 Å². The number of aryl methyl sites for hydroxylation is 1. The molecule has 0 bridgehead atoms. The van der Waals surface area contributed by atoms with Gasteiger partial charge in [0.1, 0.15) is 19.0 Å². The molecule has 230 valence electrons. The van der Waals surface area contributed by atoms with Crippen LogP contribution >= 0.6 is 23.2 Å². The number of hydrogen-bond acceptors (Lipinski definition) is 5. The number of carbonyl (C=O) groups is 2. The third kappa shape index (κ3) is 9.25. The van der Waals surface area contributed by atoms with Gasteiger partial charge >= 0.3 is 6.09 Å². The fraction of sp³-hybridized carbons (Fsp3) is 0.424. The van der Waals surface area contributed by atoms with Crippen LogP contribution in [0.25, 0.3) is 0 Å². The Labute approximate surface area is 263 Å². The lowest BCUT2D eigenvalue weighted by atomic mass is 9.94. The van der Waals surface area contributed by atoms with Crippen molar-refractivity contribution in [3.63, 3.8) is 0 Å². The molecule has 0 saturated heterocycles. The van der Waals surface area contributed by atoms with Crippen LogP contribution in [0.15, 0.2) is 60.8 Å². The number of rotatable bonds is 13. The second-order valence-corrected chi connectivity index (χ2v) is 12.7. The summed E-state index contributed by atoms with van der Waals surface area (Å²) in [5.41, 5.74) is 2.01. The maximum atomic E-state index is 14.1. The van der Waals surface area contributed by atoms with E-state index in [-0.39, 0.29) is 31.7 Å². The summed E-state index contributed by atoms with van der Waals surface area (Å²) in [6.45, 7) is 8.45. The van der Waals surface area contributed by atoms with E-state index in [4.69, 9.17) is 32.7 Å². The number of carbonyl (C=O) groups excluding carboxylic acids is 1. The van der Waals surface area contributed by atoms with Gasteiger partial charge in [-0.15, -0.1) is 0 Å². The van der Waals surface area contributed by atoms with E-state index < -0.39 is 17.6 Å². The van der Waals surface area contributed by atoms with Crippen molar-refractivity contribution in [1.82, 2.24) is 14.8 Å². The first-order chi connectivity index (χ1) is 20.4. The molecule has 1 heterocycles. The minimum atomic E-state index is -1.05. The second-order valence-electron chi connectivity index (χ2n) is 11.9. The number of carboxylic acid groups (broad SMARTS) is 1. The zero-order chi connectivity index (χ0) is 31.1. The van der Waals surface area contributed by atoms with Gasteiger partial charge in [0.15, 0.2) is 5.75 Å². The van der Waals surface area contributed by atoms with Gasteiger partial charge in [0, 0.05) is 24.3 Å². The highest BCUT2D eigenvalue weighted by Gasteiger charge is 2.38. The van der Waals surface area contributed by atoms with E-state index in [0.29, 0.717) is 34.5 Å². The molecular weight excluding hydrogens is 589 g/mol. The number of nitrogens with zero attached hydrogens (tertiary/aromatic N) is 3. The summed E-state index contributed by atoms with van der Waals surface area (Å²) in [6, 6.07) is 16.9. The van der Waals surface area contributed by atoms with E-state index in [0.717, 1.165) is 29.7 Å². The molecule has 4 rings (SSSR count). The zero-order valence-corrected chi connectivity index (χ0v) is 26.6. The predicted molar refractivity (Wildman–Crippen MR) is 168 cm³/mol. The lowest BCUT2D eigenvalue weighted by molar-refractivity contribution is -0.137. The van der Waals surface area contributed by atoms with Gasteiger partial charge in [-0.25, -0.2) is 4.79 Å². The molecule has 1 aliphatic rings. The van der Waals surface area contributed by atoms with Gasteiger partial charge in [-0.3, -0.25) is 9.78 Å². The van der Waals surface area contributed by atoms with Gasteiger partial charge < -0.3 is 24.4 Å². The number of hydrogen-bond donors (Lipinski definition) is 1. The van der Waals surface area contributed by atoms with E-state index in [1.54, 1.807) is 18.3 Å². The molecule has 1 aromatic heterocycles. The molecule has 1 aliphatic carbocycles. The zero-order valence-electron chi connectivity index (χ0n) is 25.1. The highest BCUT2D eigenvalue weighted by atomic mass is 35.5. The van der Waals surface area contributed by atoms with Crippen LogP contribution in [0.2, 0.25) is 10.0 Å². The Morgan fingerprint density at radius 2 is 1.67 bits per heavy atom. The molecule has 1 unspecified atom stereocenters. The Bertz CT molecular complexity index is 1370. The molecule has 10 heteroatoms. The summed E-state index contributed by atoms with van der Waals surface area (Å²) in [6.07, 6.45) is 2.93. The molecule has 8 nitrogen and oxygen atoms in total. The Morgan fingerprint density at radius 3 is 2.23 bits per heavy atom. The fourth-order valence-corrected chi connectivity index (χ4v) is 5.60. The Kier molecular flexibility index (Phi) is 10.8. The highest BCUT2D eigenvalue weighted by Crippen LogP contribution is 2.34. The molecule has 0 aliphatic heterocycles. The molecule has 1 saturated carbocycles. The van der Waals surface area contributed by atoms with E-state index in [9.17, 15) is 14.7 Å². The topological polar surface area (TPSA) is 92.2 Å². The summed E-state index contributed by atoms with van der Waals surface area (Å²) >= 11 is 12.5. The number of halogens is 2. The first kappa shape index (κ1) is 32.4. The van der Waals surface area contributed by atoms with Crippen LogP contribution in [-0.4, -0.2) is 63.2 Å². The van der Waals surface area contributed by atoms with E-state index in [1.165, 1.54) is 4.90 Å². The summed E-state index contributed by atoms with van der Waals surface area (Å²) in [5, 5.41) is 10.9. The Balaban J connectivity index is 1.44. The molecule has 1 atom stereocenters. The molecule has 1 N–H and O–H groups in total. The molecule has 2 amide bonds. The van der Waals surface area contributed by atoms with Crippen LogP contribution in [0.5, 0.6) is 11.5 Å². The predicted octanol–water partition coefficient (Wildman–Crippen LogP) is 7.28. The number of amides is 2. The SMILES string of the molecule is Cc1cc(Cl)c(OCCOc2ccc(CC(CN(C(=O)O)C(C)(C)C)C(=O)N(Cc3ccccn3)C3CC3)cc2)c(Cl)c1. The number of benzene rings is 2. The van der Waals surface area contributed by atoms with Crippen molar-refractivity contribution < 1.29 is 24.2 Å². The number of pyridine rings is 1. The number of ether oxygens (including phenoxy) is 2. The number of aromatic nitrogens is 1. The van der Waals surface area contributed by atoms with E-state index >= 15 is 0 Å². The lowest BCUT2D eigenvalue weighted by Gasteiger charge is -2.37. The molecule has 43 heavy (non-hydrogen) atoms. The fourth-order valence-electron chi connectivity index (χ4n) is 4.90. The first-order valence-electron chi connectivity index (χ1n) is 14.4. The van der Waals surface area contributed by atoms with Crippen molar-refractivity contribution in [2.75, 3.05) is 19.8 Å². The Hall–Kier alpha value is -3.49. The van der Waals surface area contributed by atoms with Crippen molar-refractivity contribution >= 4 is 35.2 Å². The quantitative estimate of drug-likeness (QED) is 0.200. The van der Waals surface area contributed by atoms with Gasteiger partial charge in [0.25, 0.3) is 0 Å². The van der Waals surface area contributed by atoms with Crippen LogP contribution in [0.3, 0.4) is 0 Å². The standard InChI is InChI=1S/C33H39Cl2N3O5/c1-22-17-28(34)30(29(35)18-22)43-16-15-42-27-12-8-23(9-13-27)19-24(20-38(32(40)41)33(2,3)4)31(39)37(26-10-11-26)21-25-7-5-6-14-36-25/h5-9,12-14,17-18,24,26H,10-11,15-16,19-21H2,1-4H3,(H,40,41). The smallest absolute Gasteiger partial charge is 0.407 e. The molecule has 0 spiro atoms. The average molecular weight is 629 g/mol. The maximum absolute atomic E-state index is 14.1. The summed E-state index contributed by atoms with van der Waals surface area (Å²) in [7, 11) is 0. The van der Waals surface area contributed by atoms with Crippen LogP contribution in [-0.2, 0) is 17.8 Å². The van der Waals surface area contributed by atoms with Gasteiger partial charge in [-0.2, -0.15) is 0 Å². The first-order valence-corrected chi connectivity index (χ1v) is 15.2. The minimum Gasteiger partial charge on any atom is -0.490 e. The largest absolute Gasteiger partial charge is 0.490 e. The van der Waals surface area contributed by atoms with E-state index in [1.807, 2.05) is 75.1 Å². The van der Waals surface area contributed by atoms with Crippen LogP contribution in [0, 0.1) is 12.8 Å². The van der Waals surface area contributed by atoms with Crippen molar-refractivity contribution in [3.8, 4) is 11.5 Å². The molecule has 2 aromatic carbocycles. The summed E-state index contributed by atoms with van der Waals surface area (Å²) in [5.74, 6) is 0.448. The lowest BCUT2D eigenvalue weighted by Crippen LogP contribution is -2.51. The third-order valence-electron chi connectivity index (χ3n) is 7.27. The van der Waals surface area contributed by atoms with Gasteiger partial charge in [0.2, 0.25) is 5.91 Å². The highest BCUT2D eigenvalue weighted by molar-refractivity contribution is 6.37. The monoisotopic (exact) mass is 627 g/mol. The average Bonchev–Trinajstić information content (AvgIpc) is 3.78. The van der Waals surface area contributed by atoms with Gasteiger partial charge in [-0.05, 0) is 94.5 Å². The molecule has 0 radical (unpaired) electrons. The van der Waals surface area contributed by atoms with Crippen molar-refractivity contribution in [1.29, 1.82) is 0 Å². The normalized spacial score (nSPS) is 13.7. The maximum Gasteiger partial charge on any atom is 0.407 e. The Morgan fingerprint density at radius 1 is 1.02 bits per heavy atom. The molecule has 1 fully saturated rings. The van der Waals surface area contributed by atoms with Crippen molar-refractivity contribution in [2.45, 2.75) is 65.1 Å². The van der Waals surface area contributed by atoms with Crippen molar-refractivity contribution in [3.05, 3.63) is 87.7 Å². The molecular formula is C33H39Cl2N3O5. The van der Waals surface area contributed by atoms with E-state index in [2.05, 4.69) is 4.98 Å². The minimum absolute atomic E-state index is 0.0606. The van der Waals surface area contributed by atoms with Crippen molar-refractivity contribution in [2.24, 2.45) is 5.92 Å². The van der Waals surface area contributed by atoms with Crippen LogP contribution < -0.4 is 9.47 Å². The summed E-state index contributed by atoms with van der Waals surface area (Å²) < 4.78 is 11.6. The van der Waals surface area contributed by atoms with Crippen LogP contribution in [0.1, 0.15) is 50.4 Å². The second kappa shape index (κ2) is 14.3. The van der Waals surface area contributed by atoms with Gasteiger partial charge in [-0.1, -0.05) is 41.4 Å². The summed E-state index contributed by atoms with van der Waals surface area (Å²) in [4.78, 5) is 33.9.